The van der Waals surface area contributed by atoms with Crippen molar-refractivity contribution in [3.8, 4) is 5.75 Å². The first-order valence-electron chi connectivity index (χ1n) is 5.54. The molecule has 1 heterocycles. The summed E-state index contributed by atoms with van der Waals surface area (Å²) < 4.78 is 19.8. The molecule has 0 unspecified atom stereocenters. The molecule has 96 valence electrons. The highest BCUT2D eigenvalue weighted by Crippen LogP contribution is 2.24. The highest BCUT2D eigenvalue weighted by molar-refractivity contribution is 7.16. The Kier molecular flexibility index (Phi) is 4.58. The van der Waals surface area contributed by atoms with E-state index in [1.807, 2.05) is 12.1 Å². The monoisotopic (exact) mass is 285 g/mol. The molecule has 0 atom stereocenters. The van der Waals surface area contributed by atoms with Crippen LogP contribution in [0.15, 0.2) is 30.3 Å². The van der Waals surface area contributed by atoms with Gasteiger partial charge in [-0.3, -0.25) is 0 Å². The van der Waals surface area contributed by atoms with E-state index in [1.54, 1.807) is 12.1 Å². The van der Waals surface area contributed by atoms with Crippen LogP contribution in [0.3, 0.4) is 0 Å². The van der Waals surface area contributed by atoms with Crippen LogP contribution in [-0.4, -0.2) is 6.54 Å². The van der Waals surface area contributed by atoms with Gasteiger partial charge in [0.05, 0.1) is 4.34 Å². The maximum atomic E-state index is 13.7. The molecule has 0 fully saturated rings. The smallest absolute Gasteiger partial charge is 0.165 e. The Balaban J connectivity index is 2.01. The van der Waals surface area contributed by atoms with Crippen LogP contribution in [-0.2, 0) is 13.0 Å². The number of hydrogen-bond acceptors (Lipinski definition) is 3. The normalized spacial score (nSPS) is 10.6. The van der Waals surface area contributed by atoms with Gasteiger partial charge in [0.1, 0.15) is 6.61 Å². The van der Waals surface area contributed by atoms with Gasteiger partial charge < -0.3 is 10.5 Å². The Hall–Kier alpha value is -1.10. The fourth-order valence-electron chi connectivity index (χ4n) is 1.56. The zero-order chi connectivity index (χ0) is 13.0. The fourth-order valence-corrected chi connectivity index (χ4v) is 2.56. The van der Waals surface area contributed by atoms with E-state index in [0.29, 0.717) is 23.9 Å². The minimum atomic E-state index is -0.358. The van der Waals surface area contributed by atoms with E-state index in [0.717, 1.165) is 10.4 Å². The predicted octanol–water partition coefficient (Wildman–Crippen LogP) is 3.62. The molecule has 1 aromatic heterocycles. The SMILES string of the molecule is NCCc1ccc(OCc2ccc(Cl)s2)c(F)c1. The molecular weight excluding hydrogens is 273 g/mol. The van der Waals surface area contributed by atoms with Crippen LogP contribution in [0.4, 0.5) is 4.39 Å². The molecule has 2 nitrogen and oxygen atoms in total. The van der Waals surface area contributed by atoms with Crippen molar-refractivity contribution in [2.75, 3.05) is 6.54 Å². The Bertz CT molecular complexity index is 529. The first kappa shape index (κ1) is 13.3. The highest BCUT2D eigenvalue weighted by atomic mass is 35.5. The third-order valence-electron chi connectivity index (χ3n) is 2.43. The number of thiophene rings is 1. The molecule has 5 heteroatoms. The molecule has 18 heavy (non-hydrogen) atoms. The third-order valence-corrected chi connectivity index (χ3v) is 3.63. The summed E-state index contributed by atoms with van der Waals surface area (Å²) >= 11 is 7.23. The molecular formula is C13H13ClFNOS. The van der Waals surface area contributed by atoms with Crippen molar-refractivity contribution in [3.63, 3.8) is 0 Å². The fraction of sp³-hybridized carbons (Fsp3) is 0.231. The van der Waals surface area contributed by atoms with Gasteiger partial charge in [0.25, 0.3) is 0 Å². The Morgan fingerprint density at radius 1 is 1.28 bits per heavy atom. The molecule has 0 aliphatic carbocycles. The predicted molar refractivity (Wildman–Crippen MR) is 72.8 cm³/mol. The minimum Gasteiger partial charge on any atom is -0.485 e. The molecule has 0 bridgehead atoms. The zero-order valence-electron chi connectivity index (χ0n) is 9.66. The van der Waals surface area contributed by atoms with Crippen LogP contribution in [0.25, 0.3) is 0 Å². The summed E-state index contributed by atoms with van der Waals surface area (Å²) in [5, 5.41) is 0. The Morgan fingerprint density at radius 2 is 2.11 bits per heavy atom. The lowest BCUT2D eigenvalue weighted by Gasteiger charge is -2.07. The average Bonchev–Trinajstić information content (AvgIpc) is 2.74. The molecule has 1 aromatic carbocycles. The molecule has 0 radical (unpaired) electrons. The molecule has 0 saturated heterocycles. The first-order chi connectivity index (χ1) is 8.69. The van der Waals surface area contributed by atoms with Crippen molar-refractivity contribution < 1.29 is 9.13 Å². The first-order valence-corrected chi connectivity index (χ1v) is 6.74. The van der Waals surface area contributed by atoms with Gasteiger partial charge in [-0.25, -0.2) is 4.39 Å². The summed E-state index contributed by atoms with van der Waals surface area (Å²) in [6.45, 7) is 0.831. The van der Waals surface area contributed by atoms with Gasteiger partial charge in [-0.1, -0.05) is 17.7 Å². The summed E-state index contributed by atoms with van der Waals surface area (Å²) in [4.78, 5) is 0.963. The van der Waals surface area contributed by atoms with Crippen LogP contribution in [0, 0.1) is 5.82 Å². The standard InChI is InChI=1S/C13H13ClFNOS/c14-13-4-2-10(18-13)8-17-12-3-1-9(5-6-16)7-11(12)15/h1-4,7H,5-6,8,16H2. The molecule has 0 spiro atoms. The molecule has 0 aliphatic rings. The molecule has 2 N–H and O–H groups in total. The second-order valence-electron chi connectivity index (χ2n) is 3.80. The van der Waals surface area contributed by atoms with E-state index in [1.165, 1.54) is 17.4 Å². The van der Waals surface area contributed by atoms with E-state index in [4.69, 9.17) is 22.1 Å². The molecule has 0 aliphatic heterocycles. The summed E-state index contributed by atoms with van der Waals surface area (Å²) in [5.41, 5.74) is 6.30. The van der Waals surface area contributed by atoms with E-state index in [9.17, 15) is 4.39 Å². The Labute approximate surface area is 114 Å². The van der Waals surface area contributed by atoms with Gasteiger partial charge >= 0.3 is 0 Å². The van der Waals surface area contributed by atoms with Crippen LogP contribution in [0.2, 0.25) is 4.34 Å². The van der Waals surface area contributed by atoms with Crippen molar-refractivity contribution >= 4 is 22.9 Å². The average molecular weight is 286 g/mol. The lowest BCUT2D eigenvalue weighted by molar-refractivity contribution is 0.293. The number of halogens is 2. The zero-order valence-corrected chi connectivity index (χ0v) is 11.2. The molecule has 2 rings (SSSR count). The molecule has 0 amide bonds. The van der Waals surface area contributed by atoms with Crippen molar-refractivity contribution in [2.24, 2.45) is 5.73 Å². The summed E-state index contributed by atoms with van der Waals surface area (Å²) in [6, 6.07) is 8.59. The van der Waals surface area contributed by atoms with Crippen LogP contribution >= 0.6 is 22.9 Å². The van der Waals surface area contributed by atoms with Crippen molar-refractivity contribution in [2.45, 2.75) is 13.0 Å². The highest BCUT2D eigenvalue weighted by Gasteiger charge is 2.06. The van der Waals surface area contributed by atoms with Gasteiger partial charge in [-0.2, -0.15) is 0 Å². The number of ether oxygens (including phenoxy) is 1. The summed E-state index contributed by atoms with van der Waals surface area (Å²) in [6.07, 6.45) is 0.664. The Morgan fingerprint density at radius 3 is 2.72 bits per heavy atom. The van der Waals surface area contributed by atoms with Crippen LogP contribution in [0.5, 0.6) is 5.75 Å². The van der Waals surface area contributed by atoms with Crippen molar-refractivity contribution in [1.29, 1.82) is 0 Å². The number of benzene rings is 1. The van der Waals surface area contributed by atoms with E-state index < -0.39 is 0 Å². The minimum absolute atomic E-state index is 0.250. The van der Waals surface area contributed by atoms with Crippen molar-refractivity contribution in [3.05, 3.63) is 50.9 Å². The van der Waals surface area contributed by atoms with Gasteiger partial charge in [0, 0.05) is 4.88 Å². The number of hydrogen-bond donors (Lipinski definition) is 1. The molecule has 2 aromatic rings. The van der Waals surface area contributed by atoms with Gasteiger partial charge in [-0.05, 0) is 42.8 Å². The largest absolute Gasteiger partial charge is 0.485 e. The quantitative estimate of drug-likeness (QED) is 0.911. The topological polar surface area (TPSA) is 35.2 Å². The maximum Gasteiger partial charge on any atom is 0.165 e. The summed E-state index contributed by atoms with van der Waals surface area (Å²) in [5.74, 6) is -0.108. The molecule has 0 saturated carbocycles. The second kappa shape index (κ2) is 6.18. The summed E-state index contributed by atoms with van der Waals surface area (Å²) in [7, 11) is 0. The van der Waals surface area contributed by atoms with E-state index >= 15 is 0 Å². The van der Waals surface area contributed by atoms with Gasteiger partial charge in [-0.15, -0.1) is 11.3 Å². The third kappa shape index (κ3) is 3.45. The lowest BCUT2D eigenvalue weighted by Crippen LogP contribution is -2.03. The van der Waals surface area contributed by atoms with Crippen molar-refractivity contribution in [1.82, 2.24) is 0 Å². The maximum absolute atomic E-state index is 13.7. The second-order valence-corrected chi connectivity index (χ2v) is 5.60. The van der Waals surface area contributed by atoms with Crippen LogP contribution in [0.1, 0.15) is 10.4 Å². The number of nitrogens with two attached hydrogens (primary N) is 1. The lowest BCUT2D eigenvalue weighted by atomic mass is 10.1. The van der Waals surface area contributed by atoms with E-state index in [2.05, 4.69) is 0 Å². The van der Waals surface area contributed by atoms with E-state index in [-0.39, 0.29) is 11.6 Å². The van der Waals surface area contributed by atoms with Gasteiger partial charge in [0.2, 0.25) is 0 Å². The number of rotatable bonds is 5. The van der Waals surface area contributed by atoms with Crippen LogP contribution < -0.4 is 10.5 Å². The van der Waals surface area contributed by atoms with Gasteiger partial charge in [0.15, 0.2) is 11.6 Å².